The molecule has 2 heteroatoms. The Morgan fingerprint density at radius 2 is 1.50 bits per heavy atom. The SMILES string of the molecule is C=C(C)C1=CC(c2ccccc2)[Si](C(C)(C)C)(C(C)(C)C)O1. The van der Waals surface area contributed by atoms with Crippen molar-refractivity contribution in [3.63, 3.8) is 0 Å². The van der Waals surface area contributed by atoms with Crippen molar-refractivity contribution in [1.29, 1.82) is 0 Å². The zero-order chi connectivity index (χ0) is 16.8. The molecule has 1 aromatic carbocycles. The zero-order valence-corrected chi connectivity index (χ0v) is 16.2. The van der Waals surface area contributed by atoms with Gasteiger partial charge < -0.3 is 4.43 Å². The molecule has 1 nitrogen and oxygen atoms in total. The number of allylic oxidation sites excluding steroid dienone is 2. The highest BCUT2D eigenvalue weighted by atomic mass is 28.4. The van der Waals surface area contributed by atoms with E-state index in [1.54, 1.807) is 0 Å². The van der Waals surface area contributed by atoms with Crippen LogP contribution in [0.5, 0.6) is 0 Å². The van der Waals surface area contributed by atoms with Gasteiger partial charge >= 0.3 is 0 Å². The zero-order valence-electron chi connectivity index (χ0n) is 15.2. The summed E-state index contributed by atoms with van der Waals surface area (Å²) in [4.78, 5) is 0. The Morgan fingerprint density at radius 3 is 1.91 bits per heavy atom. The molecule has 22 heavy (non-hydrogen) atoms. The molecule has 1 aliphatic heterocycles. The quantitative estimate of drug-likeness (QED) is 0.578. The molecule has 120 valence electrons. The first kappa shape index (κ1) is 17.1. The third kappa shape index (κ3) is 2.58. The Morgan fingerprint density at radius 1 is 1.00 bits per heavy atom. The molecule has 0 fully saturated rings. The third-order valence-corrected chi connectivity index (χ3v) is 11.2. The molecular weight excluding hydrogens is 284 g/mol. The highest BCUT2D eigenvalue weighted by Gasteiger charge is 2.64. The molecule has 0 saturated heterocycles. The van der Waals surface area contributed by atoms with Gasteiger partial charge in [0.05, 0.1) is 0 Å². The predicted molar refractivity (Wildman–Crippen MR) is 98.3 cm³/mol. The molecule has 1 atom stereocenters. The number of hydrogen-bond acceptors (Lipinski definition) is 1. The minimum Gasteiger partial charge on any atom is -0.542 e. The molecule has 0 saturated carbocycles. The van der Waals surface area contributed by atoms with E-state index in [2.05, 4.69) is 84.5 Å². The molecule has 2 rings (SSSR count). The summed E-state index contributed by atoms with van der Waals surface area (Å²) < 4.78 is 6.81. The van der Waals surface area contributed by atoms with Gasteiger partial charge in [-0.05, 0) is 34.2 Å². The maximum atomic E-state index is 6.81. The minimum absolute atomic E-state index is 0.124. The predicted octanol–water partition coefficient (Wildman–Crippen LogP) is 6.35. The molecule has 1 unspecified atom stereocenters. The van der Waals surface area contributed by atoms with Gasteiger partial charge in [0.1, 0.15) is 5.76 Å². The summed E-state index contributed by atoms with van der Waals surface area (Å²) >= 11 is 0. The lowest BCUT2D eigenvalue weighted by atomic mass is 10.1. The van der Waals surface area contributed by atoms with Gasteiger partial charge in [-0.15, -0.1) is 0 Å². The maximum absolute atomic E-state index is 6.81. The van der Waals surface area contributed by atoms with Gasteiger partial charge in [-0.1, -0.05) is 78.5 Å². The summed E-state index contributed by atoms with van der Waals surface area (Å²) in [6.07, 6.45) is 2.33. The Bertz CT molecular complexity index is 570. The fourth-order valence-corrected chi connectivity index (χ4v) is 10.6. The van der Waals surface area contributed by atoms with Crippen LogP contribution < -0.4 is 0 Å². The Kier molecular flexibility index (Phi) is 4.20. The van der Waals surface area contributed by atoms with Crippen molar-refractivity contribution in [3.05, 3.63) is 59.9 Å². The van der Waals surface area contributed by atoms with Gasteiger partial charge in [0.2, 0.25) is 0 Å². The van der Waals surface area contributed by atoms with Crippen molar-refractivity contribution >= 4 is 8.32 Å². The van der Waals surface area contributed by atoms with Crippen LogP contribution in [0.1, 0.15) is 59.6 Å². The van der Waals surface area contributed by atoms with Crippen molar-refractivity contribution in [2.45, 2.75) is 64.1 Å². The van der Waals surface area contributed by atoms with Crippen LogP contribution in [0.15, 0.2) is 54.3 Å². The fraction of sp³-hybridized carbons (Fsp3) is 0.500. The van der Waals surface area contributed by atoms with E-state index in [0.29, 0.717) is 5.54 Å². The van der Waals surface area contributed by atoms with E-state index < -0.39 is 8.32 Å². The fourth-order valence-electron chi connectivity index (χ4n) is 4.12. The monoisotopic (exact) mass is 314 g/mol. The van der Waals surface area contributed by atoms with Crippen molar-refractivity contribution in [3.8, 4) is 0 Å². The molecule has 0 aromatic heterocycles. The van der Waals surface area contributed by atoms with Gasteiger partial charge in [0, 0.05) is 5.54 Å². The van der Waals surface area contributed by atoms with E-state index in [-0.39, 0.29) is 10.1 Å². The summed E-state index contributed by atoms with van der Waals surface area (Å²) in [7, 11) is -2.19. The first-order valence-electron chi connectivity index (χ1n) is 8.12. The van der Waals surface area contributed by atoms with E-state index in [1.165, 1.54) is 5.56 Å². The normalized spacial score (nSPS) is 21.2. The highest BCUT2D eigenvalue weighted by Crippen LogP contribution is 2.62. The van der Waals surface area contributed by atoms with Crippen LogP contribution in [0.4, 0.5) is 0 Å². The average molecular weight is 315 g/mol. The lowest BCUT2D eigenvalue weighted by Gasteiger charge is -2.51. The first-order valence-corrected chi connectivity index (χ1v) is 10.1. The average Bonchev–Trinajstić information content (AvgIpc) is 2.80. The second-order valence-corrected chi connectivity index (χ2v) is 13.8. The molecule has 0 amide bonds. The minimum atomic E-state index is -2.19. The van der Waals surface area contributed by atoms with Crippen LogP contribution in [0, 0.1) is 0 Å². The smallest absolute Gasteiger partial charge is 0.272 e. The molecule has 1 aliphatic rings. The molecule has 0 N–H and O–H groups in total. The third-order valence-electron chi connectivity index (χ3n) is 4.83. The molecular formula is C20H30OSi. The number of rotatable bonds is 2. The van der Waals surface area contributed by atoms with Crippen LogP contribution in [-0.4, -0.2) is 8.32 Å². The lowest BCUT2D eigenvalue weighted by Crippen LogP contribution is -2.56. The second-order valence-electron chi connectivity index (χ2n) is 8.54. The molecule has 1 heterocycles. The van der Waals surface area contributed by atoms with Gasteiger partial charge in [-0.2, -0.15) is 0 Å². The van der Waals surface area contributed by atoms with Crippen LogP contribution in [0.3, 0.4) is 0 Å². The van der Waals surface area contributed by atoms with Crippen molar-refractivity contribution in [2.24, 2.45) is 0 Å². The van der Waals surface area contributed by atoms with Crippen molar-refractivity contribution in [1.82, 2.24) is 0 Å². The molecule has 1 aromatic rings. The standard InChI is InChI=1S/C20H30OSi/c1-15(2)17-14-18(16-12-10-9-11-13-16)22(21-17,19(3,4)5)20(6,7)8/h9-14,18H,1H2,2-8H3. The van der Waals surface area contributed by atoms with E-state index in [0.717, 1.165) is 11.3 Å². The van der Waals surface area contributed by atoms with Crippen molar-refractivity contribution in [2.75, 3.05) is 0 Å². The summed E-state index contributed by atoms with van der Waals surface area (Å²) in [5.74, 6) is 1.00. The topological polar surface area (TPSA) is 9.23 Å². The molecule has 0 bridgehead atoms. The summed E-state index contributed by atoms with van der Waals surface area (Å²) in [5.41, 5.74) is 2.76. The Hall–Kier alpha value is -1.28. The summed E-state index contributed by atoms with van der Waals surface area (Å²) in [6, 6.07) is 10.8. The van der Waals surface area contributed by atoms with Gasteiger partial charge in [-0.3, -0.25) is 0 Å². The highest BCUT2D eigenvalue weighted by molar-refractivity contribution is 6.82. The van der Waals surface area contributed by atoms with E-state index >= 15 is 0 Å². The summed E-state index contributed by atoms with van der Waals surface area (Å²) in [6.45, 7) is 20.2. The van der Waals surface area contributed by atoms with Crippen LogP contribution in [-0.2, 0) is 4.43 Å². The first-order chi connectivity index (χ1) is 10.0. The van der Waals surface area contributed by atoms with Crippen molar-refractivity contribution < 1.29 is 4.43 Å². The van der Waals surface area contributed by atoms with Gasteiger partial charge in [0.25, 0.3) is 8.32 Å². The van der Waals surface area contributed by atoms with E-state index in [1.807, 2.05) is 6.92 Å². The van der Waals surface area contributed by atoms with E-state index in [4.69, 9.17) is 4.43 Å². The largest absolute Gasteiger partial charge is 0.542 e. The number of hydrogen-bond donors (Lipinski definition) is 0. The molecule has 0 radical (unpaired) electrons. The van der Waals surface area contributed by atoms with Gasteiger partial charge in [0.15, 0.2) is 0 Å². The Balaban J connectivity index is 2.69. The lowest BCUT2D eigenvalue weighted by molar-refractivity contribution is 0.356. The van der Waals surface area contributed by atoms with E-state index in [9.17, 15) is 0 Å². The van der Waals surface area contributed by atoms with Crippen LogP contribution in [0.25, 0.3) is 0 Å². The summed E-state index contributed by atoms with van der Waals surface area (Å²) in [5, 5.41) is 0.249. The second kappa shape index (κ2) is 5.41. The maximum Gasteiger partial charge on any atom is 0.272 e. The number of benzene rings is 1. The molecule has 0 aliphatic carbocycles. The van der Waals surface area contributed by atoms with Gasteiger partial charge in [-0.25, -0.2) is 0 Å². The Labute approximate surface area is 137 Å². The molecule has 0 spiro atoms. The van der Waals surface area contributed by atoms with Crippen LogP contribution >= 0.6 is 0 Å². The van der Waals surface area contributed by atoms with Crippen LogP contribution in [0.2, 0.25) is 10.1 Å².